The van der Waals surface area contributed by atoms with Gasteiger partial charge in [0.2, 0.25) is 5.91 Å². The molecule has 2 heterocycles. The van der Waals surface area contributed by atoms with Gasteiger partial charge in [0.25, 0.3) is 5.91 Å². The monoisotopic (exact) mass is 254 g/mol. The number of piperidine rings is 1. The molecule has 2 saturated heterocycles. The van der Waals surface area contributed by atoms with Crippen molar-refractivity contribution in [1.82, 2.24) is 20.9 Å². The van der Waals surface area contributed by atoms with Crippen LogP contribution in [0.1, 0.15) is 19.8 Å². The maximum Gasteiger partial charge on any atom is 0.322 e. The molecular formula is C11H18N4O3. The summed E-state index contributed by atoms with van der Waals surface area (Å²) >= 11 is 0. The highest BCUT2D eigenvalue weighted by Gasteiger charge is 2.49. The minimum Gasteiger partial charge on any atom is -0.339 e. The maximum absolute atomic E-state index is 11.9. The number of carbonyl (C=O) groups excluding carboxylic acids is 3. The average molecular weight is 254 g/mol. The second-order valence-electron chi connectivity index (χ2n) is 4.69. The van der Waals surface area contributed by atoms with Gasteiger partial charge in [-0.3, -0.25) is 14.9 Å². The van der Waals surface area contributed by atoms with Crippen LogP contribution in [0.4, 0.5) is 4.79 Å². The summed E-state index contributed by atoms with van der Waals surface area (Å²) in [6, 6.07) is -0.471. The zero-order chi connectivity index (χ0) is 13.2. The van der Waals surface area contributed by atoms with Crippen LogP contribution >= 0.6 is 0 Å². The van der Waals surface area contributed by atoms with Crippen molar-refractivity contribution >= 4 is 17.8 Å². The quantitative estimate of drug-likeness (QED) is 0.552. The fraction of sp³-hybridized carbons (Fsp3) is 0.727. The molecular weight excluding hydrogens is 236 g/mol. The summed E-state index contributed by atoms with van der Waals surface area (Å²) in [5, 5.41) is 7.85. The Balaban J connectivity index is 2.02. The number of nitrogens with zero attached hydrogens (tertiary/aromatic N) is 1. The van der Waals surface area contributed by atoms with Crippen molar-refractivity contribution in [3.63, 3.8) is 0 Å². The van der Waals surface area contributed by atoms with E-state index in [1.807, 2.05) is 6.92 Å². The highest BCUT2D eigenvalue weighted by molar-refractivity contribution is 6.07. The largest absolute Gasteiger partial charge is 0.339 e. The number of urea groups is 1. The van der Waals surface area contributed by atoms with Crippen LogP contribution in [0.15, 0.2) is 0 Å². The van der Waals surface area contributed by atoms with Gasteiger partial charge in [0, 0.05) is 6.54 Å². The Labute approximate surface area is 105 Å². The van der Waals surface area contributed by atoms with Gasteiger partial charge in [-0.1, -0.05) is 6.92 Å². The van der Waals surface area contributed by atoms with E-state index in [9.17, 15) is 14.4 Å². The Morgan fingerprint density at radius 2 is 2.28 bits per heavy atom. The lowest BCUT2D eigenvalue weighted by Gasteiger charge is -2.38. The van der Waals surface area contributed by atoms with E-state index in [0.717, 1.165) is 6.54 Å². The van der Waals surface area contributed by atoms with E-state index < -0.39 is 11.6 Å². The second kappa shape index (κ2) is 4.93. The third-order valence-corrected chi connectivity index (χ3v) is 3.39. The predicted molar refractivity (Wildman–Crippen MR) is 63.8 cm³/mol. The Bertz CT molecular complexity index is 384. The molecule has 2 rings (SSSR count). The number of likely N-dealkylation sites (N-methyl/N-ethyl adjacent to an activating group) is 1. The van der Waals surface area contributed by atoms with Gasteiger partial charge >= 0.3 is 6.03 Å². The third-order valence-electron chi connectivity index (χ3n) is 3.39. The SMILES string of the molecule is CCNCC(=O)N1CCCC2(C1)NC(=O)NC2=O. The van der Waals surface area contributed by atoms with E-state index in [2.05, 4.69) is 16.0 Å². The summed E-state index contributed by atoms with van der Waals surface area (Å²) in [7, 11) is 0. The first-order valence-electron chi connectivity index (χ1n) is 6.19. The molecule has 0 saturated carbocycles. The topological polar surface area (TPSA) is 90.5 Å². The molecule has 100 valence electrons. The zero-order valence-corrected chi connectivity index (χ0v) is 10.4. The number of hydrogen-bond donors (Lipinski definition) is 3. The minimum absolute atomic E-state index is 0.0372. The fourth-order valence-corrected chi connectivity index (χ4v) is 2.43. The molecule has 0 aromatic rings. The van der Waals surface area contributed by atoms with Crippen molar-refractivity contribution in [2.45, 2.75) is 25.3 Å². The van der Waals surface area contributed by atoms with Gasteiger partial charge in [0.15, 0.2) is 0 Å². The van der Waals surface area contributed by atoms with E-state index >= 15 is 0 Å². The molecule has 18 heavy (non-hydrogen) atoms. The van der Waals surface area contributed by atoms with Crippen LogP contribution in [0.25, 0.3) is 0 Å². The number of carbonyl (C=O) groups is 3. The van der Waals surface area contributed by atoms with Crippen molar-refractivity contribution < 1.29 is 14.4 Å². The van der Waals surface area contributed by atoms with E-state index in [0.29, 0.717) is 19.4 Å². The number of likely N-dealkylation sites (tertiary alicyclic amines) is 1. The second-order valence-corrected chi connectivity index (χ2v) is 4.69. The van der Waals surface area contributed by atoms with Crippen LogP contribution in [-0.2, 0) is 9.59 Å². The summed E-state index contributed by atoms with van der Waals surface area (Å²) in [6.45, 7) is 3.81. The molecule has 2 aliphatic heterocycles. The first kappa shape index (κ1) is 12.8. The Morgan fingerprint density at radius 3 is 2.89 bits per heavy atom. The van der Waals surface area contributed by atoms with Crippen LogP contribution in [0.3, 0.4) is 0 Å². The van der Waals surface area contributed by atoms with Crippen LogP contribution in [0.2, 0.25) is 0 Å². The predicted octanol–water partition coefficient (Wildman–Crippen LogP) is -1.20. The normalized spacial score (nSPS) is 27.3. The highest BCUT2D eigenvalue weighted by Crippen LogP contribution is 2.24. The Hall–Kier alpha value is -1.63. The molecule has 7 heteroatoms. The van der Waals surface area contributed by atoms with Gasteiger partial charge in [0.05, 0.1) is 13.1 Å². The summed E-state index contributed by atoms with van der Waals surface area (Å²) in [6.07, 6.45) is 1.29. The van der Waals surface area contributed by atoms with Gasteiger partial charge in [-0.25, -0.2) is 4.79 Å². The molecule has 7 nitrogen and oxygen atoms in total. The van der Waals surface area contributed by atoms with Gasteiger partial charge < -0.3 is 15.5 Å². The van der Waals surface area contributed by atoms with Gasteiger partial charge in [-0.2, -0.15) is 0 Å². The molecule has 0 aromatic carbocycles. The number of rotatable bonds is 3. The molecule has 2 fully saturated rings. The summed E-state index contributed by atoms with van der Waals surface area (Å²) in [5.41, 5.74) is -0.919. The smallest absolute Gasteiger partial charge is 0.322 e. The lowest BCUT2D eigenvalue weighted by atomic mass is 9.89. The standard InChI is InChI=1S/C11H18N4O3/c1-2-12-6-8(16)15-5-3-4-11(7-15)9(17)13-10(18)14-11/h12H,2-7H2,1H3,(H2,13,14,17,18). The van der Waals surface area contributed by atoms with Crippen molar-refractivity contribution in [3.05, 3.63) is 0 Å². The summed E-state index contributed by atoms with van der Waals surface area (Å²) in [5.74, 6) is -0.363. The molecule has 1 spiro atoms. The number of nitrogens with one attached hydrogen (secondary N) is 3. The minimum atomic E-state index is -0.919. The van der Waals surface area contributed by atoms with Crippen LogP contribution in [-0.4, -0.2) is 54.5 Å². The molecule has 4 amide bonds. The Kier molecular flexibility index (Phi) is 3.51. The Morgan fingerprint density at radius 1 is 1.50 bits per heavy atom. The number of amides is 4. The molecule has 2 aliphatic rings. The average Bonchev–Trinajstić information content (AvgIpc) is 2.61. The summed E-state index contributed by atoms with van der Waals surface area (Å²) < 4.78 is 0. The maximum atomic E-state index is 11.9. The molecule has 1 unspecified atom stereocenters. The van der Waals surface area contributed by atoms with Gasteiger partial charge in [-0.15, -0.1) is 0 Å². The van der Waals surface area contributed by atoms with Crippen molar-refractivity contribution in [1.29, 1.82) is 0 Å². The molecule has 0 bridgehead atoms. The van der Waals surface area contributed by atoms with Gasteiger partial charge in [0.1, 0.15) is 5.54 Å². The molecule has 0 radical (unpaired) electrons. The van der Waals surface area contributed by atoms with E-state index in [1.54, 1.807) is 4.90 Å². The highest BCUT2D eigenvalue weighted by atomic mass is 16.2. The first-order chi connectivity index (χ1) is 8.57. The van der Waals surface area contributed by atoms with Crippen molar-refractivity contribution in [3.8, 4) is 0 Å². The van der Waals surface area contributed by atoms with Crippen molar-refractivity contribution in [2.75, 3.05) is 26.2 Å². The zero-order valence-electron chi connectivity index (χ0n) is 10.4. The van der Waals surface area contributed by atoms with Gasteiger partial charge in [-0.05, 0) is 19.4 Å². The van der Waals surface area contributed by atoms with Crippen LogP contribution < -0.4 is 16.0 Å². The van der Waals surface area contributed by atoms with Crippen LogP contribution in [0, 0.1) is 0 Å². The first-order valence-corrected chi connectivity index (χ1v) is 6.19. The van der Waals surface area contributed by atoms with Crippen molar-refractivity contribution in [2.24, 2.45) is 0 Å². The van der Waals surface area contributed by atoms with E-state index in [4.69, 9.17) is 0 Å². The fourth-order valence-electron chi connectivity index (χ4n) is 2.43. The molecule has 0 aromatic heterocycles. The molecule has 1 atom stereocenters. The lowest BCUT2D eigenvalue weighted by Crippen LogP contribution is -2.60. The third kappa shape index (κ3) is 2.31. The van der Waals surface area contributed by atoms with Crippen LogP contribution in [0.5, 0.6) is 0 Å². The number of imide groups is 1. The summed E-state index contributed by atoms with van der Waals surface area (Å²) in [4.78, 5) is 36.6. The number of hydrogen-bond acceptors (Lipinski definition) is 4. The van der Waals surface area contributed by atoms with E-state index in [-0.39, 0.29) is 24.9 Å². The lowest BCUT2D eigenvalue weighted by molar-refractivity contribution is -0.135. The molecule has 3 N–H and O–H groups in total. The molecule has 0 aliphatic carbocycles. The van der Waals surface area contributed by atoms with E-state index in [1.165, 1.54) is 0 Å².